The van der Waals surface area contributed by atoms with Crippen LogP contribution >= 0.6 is 0 Å². The second kappa shape index (κ2) is 7.67. The van der Waals surface area contributed by atoms with Crippen molar-refractivity contribution in [2.75, 3.05) is 5.32 Å². The van der Waals surface area contributed by atoms with Crippen molar-refractivity contribution in [3.63, 3.8) is 0 Å². The van der Waals surface area contributed by atoms with E-state index in [4.69, 9.17) is 0 Å². The Morgan fingerprint density at radius 3 is 2.67 bits per heavy atom. The minimum Gasteiger partial charge on any atom is -0.326 e. The van der Waals surface area contributed by atoms with Gasteiger partial charge in [-0.25, -0.2) is 4.98 Å². The molecule has 1 N–H and O–H groups in total. The minimum absolute atomic E-state index is 0.00596. The summed E-state index contributed by atoms with van der Waals surface area (Å²) < 4.78 is 13.7. The van der Waals surface area contributed by atoms with Crippen molar-refractivity contribution in [3.8, 4) is 0 Å². The molecule has 0 radical (unpaired) electrons. The van der Waals surface area contributed by atoms with Gasteiger partial charge in [0.05, 0.1) is 0 Å². The maximum Gasteiger partial charge on any atom is 0.228 e. The zero-order valence-electron chi connectivity index (χ0n) is 16.3. The van der Waals surface area contributed by atoms with Crippen molar-refractivity contribution in [1.29, 1.82) is 0 Å². The number of carbonyl (C=O) groups is 1. The van der Waals surface area contributed by atoms with Crippen LogP contribution < -0.4 is 5.32 Å². The predicted molar refractivity (Wildman–Crippen MR) is 115 cm³/mol. The quantitative estimate of drug-likeness (QED) is 0.477. The molecule has 0 aliphatic heterocycles. The van der Waals surface area contributed by atoms with Crippen molar-refractivity contribution in [1.82, 2.24) is 9.97 Å². The SMILES string of the molecule is O=C(Nc1ccc2c(F)nccc2c1)C1CC1c1ccc(Cc2ccccn2)cc1. The van der Waals surface area contributed by atoms with Gasteiger partial charge in [0.1, 0.15) is 0 Å². The van der Waals surface area contributed by atoms with Gasteiger partial charge in [-0.15, -0.1) is 0 Å². The maximum absolute atomic E-state index is 13.7. The Labute approximate surface area is 173 Å². The largest absolute Gasteiger partial charge is 0.326 e. The second-order valence-corrected chi connectivity index (χ2v) is 7.72. The molecule has 1 aliphatic rings. The van der Waals surface area contributed by atoms with E-state index in [1.54, 1.807) is 30.5 Å². The van der Waals surface area contributed by atoms with Gasteiger partial charge < -0.3 is 5.32 Å². The van der Waals surface area contributed by atoms with Gasteiger partial charge >= 0.3 is 0 Å². The summed E-state index contributed by atoms with van der Waals surface area (Å²) in [6.45, 7) is 0. The summed E-state index contributed by atoms with van der Waals surface area (Å²) in [6, 6.07) is 21.3. The van der Waals surface area contributed by atoms with E-state index in [9.17, 15) is 9.18 Å². The molecule has 4 nitrogen and oxygen atoms in total. The van der Waals surface area contributed by atoms with Gasteiger partial charge in [0, 0.05) is 41.5 Å². The lowest BCUT2D eigenvalue weighted by atomic mass is 10.0. The number of carbonyl (C=O) groups excluding carboxylic acids is 1. The molecular formula is C25H20FN3O. The molecular weight excluding hydrogens is 377 g/mol. The molecule has 1 aliphatic carbocycles. The highest BCUT2D eigenvalue weighted by Gasteiger charge is 2.43. The molecule has 0 bridgehead atoms. The van der Waals surface area contributed by atoms with E-state index >= 15 is 0 Å². The van der Waals surface area contributed by atoms with E-state index in [0.717, 1.165) is 23.9 Å². The summed E-state index contributed by atoms with van der Waals surface area (Å²) in [5.74, 6) is -0.280. The number of pyridine rings is 2. The van der Waals surface area contributed by atoms with Crippen molar-refractivity contribution in [3.05, 3.63) is 102 Å². The Morgan fingerprint density at radius 2 is 1.87 bits per heavy atom. The normalized spacial score (nSPS) is 17.6. The van der Waals surface area contributed by atoms with Gasteiger partial charge in [-0.1, -0.05) is 30.3 Å². The average molecular weight is 397 g/mol. The van der Waals surface area contributed by atoms with E-state index in [1.165, 1.54) is 17.3 Å². The van der Waals surface area contributed by atoms with E-state index in [-0.39, 0.29) is 17.7 Å². The Bertz CT molecular complexity index is 1210. The Balaban J connectivity index is 1.23. The summed E-state index contributed by atoms with van der Waals surface area (Å²) >= 11 is 0. The predicted octanol–water partition coefficient (Wildman–Crippen LogP) is 5.10. The first-order valence-corrected chi connectivity index (χ1v) is 10.0. The summed E-state index contributed by atoms with van der Waals surface area (Å²) in [7, 11) is 0. The average Bonchev–Trinajstić information content (AvgIpc) is 3.56. The number of rotatable bonds is 5. The van der Waals surface area contributed by atoms with E-state index in [2.05, 4.69) is 39.6 Å². The first kappa shape index (κ1) is 18.4. The number of nitrogens with zero attached hydrogens (tertiary/aromatic N) is 2. The highest BCUT2D eigenvalue weighted by atomic mass is 19.1. The lowest BCUT2D eigenvalue weighted by Crippen LogP contribution is -2.14. The number of fused-ring (bicyclic) bond motifs is 1. The molecule has 0 spiro atoms. The van der Waals surface area contributed by atoms with Crippen molar-refractivity contribution < 1.29 is 9.18 Å². The van der Waals surface area contributed by atoms with Crippen molar-refractivity contribution in [2.45, 2.75) is 18.8 Å². The molecule has 2 atom stereocenters. The summed E-state index contributed by atoms with van der Waals surface area (Å²) in [5, 5.41) is 4.14. The lowest BCUT2D eigenvalue weighted by molar-refractivity contribution is -0.117. The molecule has 2 aromatic carbocycles. The van der Waals surface area contributed by atoms with E-state index in [1.807, 2.05) is 18.2 Å². The Morgan fingerprint density at radius 1 is 1.00 bits per heavy atom. The molecule has 1 saturated carbocycles. The number of halogens is 1. The molecule has 148 valence electrons. The fourth-order valence-corrected chi connectivity index (χ4v) is 3.90. The summed E-state index contributed by atoms with van der Waals surface area (Å²) in [6.07, 6.45) is 4.88. The molecule has 4 aromatic rings. The number of benzene rings is 2. The number of anilines is 1. The third kappa shape index (κ3) is 3.79. The van der Waals surface area contributed by atoms with Crippen LogP contribution in [0.2, 0.25) is 0 Å². The zero-order chi connectivity index (χ0) is 20.5. The van der Waals surface area contributed by atoms with Crippen LogP contribution in [0.25, 0.3) is 10.8 Å². The Kier molecular flexibility index (Phi) is 4.71. The fourth-order valence-electron chi connectivity index (χ4n) is 3.90. The van der Waals surface area contributed by atoms with Crippen LogP contribution in [0.5, 0.6) is 0 Å². The van der Waals surface area contributed by atoms with Gasteiger partial charge in [0.2, 0.25) is 11.9 Å². The number of hydrogen-bond acceptors (Lipinski definition) is 3. The topological polar surface area (TPSA) is 54.9 Å². The monoisotopic (exact) mass is 397 g/mol. The first-order valence-electron chi connectivity index (χ1n) is 10.0. The van der Waals surface area contributed by atoms with E-state index in [0.29, 0.717) is 11.1 Å². The third-order valence-corrected chi connectivity index (χ3v) is 5.63. The first-order chi connectivity index (χ1) is 14.7. The molecule has 2 unspecified atom stereocenters. The van der Waals surface area contributed by atoms with Crippen LogP contribution in [-0.4, -0.2) is 15.9 Å². The number of aromatic nitrogens is 2. The Hall–Kier alpha value is -3.60. The molecule has 1 fully saturated rings. The summed E-state index contributed by atoms with van der Waals surface area (Å²) in [4.78, 5) is 20.7. The van der Waals surface area contributed by atoms with Crippen molar-refractivity contribution >= 4 is 22.4 Å². The number of hydrogen-bond donors (Lipinski definition) is 1. The zero-order valence-corrected chi connectivity index (χ0v) is 16.3. The highest BCUT2D eigenvalue weighted by Crippen LogP contribution is 2.48. The molecule has 2 heterocycles. The third-order valence-electron chi connectivity index (χ3n) is 5.63. The van der Waals surface area contributed by atoms with E-state index < -0.39 is 5.95 Å². The van der Waals surface area contributed by atoms with Crippen LogP contribution in [0.1, 0.15) is 29.2 Å². The van der Waals surface area contributed by atoms with Gasteiger partial charge in [0.25, 0.3) is 0 Å². The second-order valence-electron chi connectivity index (χ2n) is 7.72. The van der Waals surface area contributed by atoms with Crippen molar-refractivity contribution in [2.24, 2.45) is 5.92 Å². The van der Waals surface area contributed by atoms with Gasteiger partial charge in [-0.2, -0.15) is 4.39 Å². The standard InChI is InChI=1S/C25H20FN3O/c26-24-21-9-8-20(14-18(21)10-12-28-24)29-25(30)23-15-22(23)17-6-4-16(5-7-17)13-19-3-1-2-11-27-19/h1-12,14,22-23H,13,15H2,(H,29,30). The van der Waals surface area contributed by atoms with Crippen LogP contribution in [-0.2, 0) is 11.2 Å². The molecule has 5 heteroatoms. The number of amides is 1. The van der Waals surface area contributed by atoms with Gasteiger partial charge in [-0.3, -0.25) is 9.78 Å². The van der Waals surface area contributed by atoms with Crippen LogP contribution in [0.4, 0.5) is 10.1 Å². The fraction of sp³-hybridized carbons (Fsp3) is 0.160. The molecule has 0 saturated heterocycles. The highest BCUT2D eigenvalue weighted by molar-refractivity contribution is 5.97. The smallest absolute Gasteiger partial charge is 0.228 e. The molecule has 1 amide bonds. The van der Waals surface area contributed by atoms with Crippen LogP contribution in [0.3, 0.4) is 0 Å². The maximum atomic E-state index is 13.7. The minimum atomic E-state index is -0.501. The van der Waals surface area contributed by atoms with Crippen LogP contribution in [0.15, 0.2) is 79.1 Å². The van der Waals surface area contributed by atoms with Gasteiger partial charge in [-0.05, 0) is 65.3 Å². The summed E-state index contributed by atoms with van der Waals surface area (Å²) in [5.41, 5.74) is 4.11. The molecule has 5 rings (SSSR count). The van der Waals surface area contributed by atoms with Gasteiger partial charge in [0.15, 0.2) is 0 Å². The molecule has 30 heavy (non-hydrogen) atoms. The number of nitrogens with one attached hydrogen (secondary N) is 1. The lowest BCUT2D eigenvalue weighted by Gasteiger charge is -2.07. The van der Waals surface area contributed by atoms with Crippen LogP contribution in [0, 0.1) is 11.9 Å². The molecule has 2 aromatic heterocycles.